The number of thioether (sulfide) groups is 1. The third kappa shape index (κ3) is 3.62. The summed E-state index contributed by atoms with van der Waals surface area (Å²) < 4.78 is 6.46. The van der Waals surface area contributed by atoms with Gasteiger partial charge in [0.05, 0.1) is 18.4 Å². The molecule has 2 aromatic carbocycles. The summed E-state index contributed by atoms with van der Waals surface area (Å²) >= 11 is 1.51. The van der Waals surface area contributed by atoms with Crippen LogP contribution in [-0.2, 0) is 10.5 Å². The molecule has 0 radical (unpaired) electrons. The number of rotatable bonds is 5. The molecule has 0 unspecified atom stereocenters. The SMILES string of the molecule is COC(=O)c1cccc(CSc2nnnn2-c2cccc(C)c2)c1. The first-order valence-electron chi connectivity index (χ1n) is 7.33. The van der Waals surface area contributed by atoms with Crippen LogP contribution in [0.1, 0.15) is 21.5 Å². The molecule has 0 atom stereocenters. The number of esters is 1. The summed E-state index contributed by atoms with van der Waals surface area (Å²) in [5.74, 6) is 0.309. The van der Waals surface area contributed by atoms with Crippen molar-refractivity contribution in [3.63, 3.8) is 0 Å². The highest BCUT2D eigenvalue weighted by Crippen LogP contribution is 2.23. The van der Waals surface area contributed by atoms with E-state index in [0.717, 1.165) is 16.8 Å². The molecule has 0 aliphatic carbocycles. The predicted molar refractivity (Wildman–Crippen MR) is 91.2 cm³/mol. The molecule has 0 saturated carbocycles. The Bertz CT molecular complexity index is 863. The first-order chi connectivity index (χ1) is 11.7. The molecule has 0 fully saturated rings. The zero-order valence-corrected chi connectivity index (χ0v) is 14.2. The second-order valence-electron chi connectivity index (χ2n) is 5.19. The number of aryl methyl sites for hydroxylation is 1. The normalized spacial score (nSPS) is 10.6. The molecule has 0 amide bonds. The van der Waals surface area contributed by atoms with Crippen molar-refractivity contribution in [2.24, 2.45) is 0 Å². The molecule has 0 aliphatic heterocycles. The number of hydrogen-bond donors (Lipinski definition) is 0. The van der Waals surface area contributed by atoms with Crippen LogP contribution in [-0.4, -0.2) is 33.3 Å². The van der Waals surface area contributed by atoms with Gasteiger partial charge in [0.1, 0.15) is 0 Å². The minimum absolute atomic E-state index is 0.341. The number of carbonyl (C=O) groups is 1. The molecule has 122 valence electrons. The van der Waals surface area contributed by atoms with E-state index in [0.29, 0.717) is 16.5 Å². The molecule has 3 aromatic rings. The molecule has 6 nitrogen and oxygen atoms in total. The minimum atomic E-state index is -0.341. The van der Waals surface area contributed by atoms with E-state index in [2.05, 4.69) is 15.5 Å². The summed E-state index contributed by atoms with van der Waals surface area (Å²) in [6.45, 7) is 2.03. The molecule has 0 N–H and O–H groups in total. The van der Waals surface area contributed by atoms with Gasteiger partial charge >= 0.3 is 5.97 Å². The molecular formula is C17H16N4O2S. The van der Waals surface area contributed by atoms with Crippen LogP contribution in [0.25, 0.3) is 5.69 Å². The Kier molecular flexibility index (Phi) is 4.90. The standard InChI is InChI=1S/C17H16N4O2S/c1-12-5-3-8-15(9-12)21-17(18-19-20-21)24-11-13-6-4-7-14(10-13)16(22)23-2/h3-10H,11H2,1-2H3. The van der Waals surface area contributed by atoms with E-state index in [9.17, 15) is 4.79 Å². The van der Waals surface area contributed by atoms with Gasteiger partial charge in [-0.1, -0.05) is 36.0 Å². The van der Waals surface area contributed by atoms with Gasteiger partial charge in [-0.15, -0.1) is 5.10 Å². The van der Waals surface area contributed by atoms with Crippen LogP contribution in [0, 0.1) is 6.92 Å². The second kappa shape index (κ2) is 7.27. The Labute approximate surface area is 143 Å². The highest BCUT2D eigenvalue weighted by Gasteiger charge is 2.11. The van der Waals surface area contributed by atoms with Crippen LogP contribution < -0.4 is 0 Å². The third-order valence-corrected chi connectivity index (χ3v) is 4.39. The van der Waals surface area contributed by atoms with Crippen LogP contribution >= 0.6 is 11.8 Å². The van der Waals surface area contributed by atoms with Crippen molar-refractivity contribution in [2.45, 2.75) is 17.8 Å². The van der Waals surface area contributed by atoms with Crippen LogP contribution in [0.5, 0.6) is 0 Å². The van der Waals surface area contributed by atoms with Crippen molar-refractivity contribution in [2.75, 3.05) is 7.11 Å². The molecular weight excluding hydrogens is 324 g/mol. The second-order valence-corrected chi connectivity index (χ2v) is 6.14. The van der Waals surface area contributed by atoms with Gasteiger partial charge in [0.15, 0.2) is 0 Å². The van der Waals surface area contributed by atoms with E-state index in [1.807, 2.05) is 49.4 Å². The Hall–Kier alpha value is -2.67. The number of nitrogens with zero attached hydrogens (tertiary/aromatic N) is 4. The molecule has 1 heterocycles. The number of methoxy groups -OCH3 is 1. The Morgan fingerprint density at radius 2 is 2.04 bits per heavy atom. The van der Waals surface area contributed by atoms with Crippen molar-refractivity contribution in [3.8, 4) is 5.69 Å². The zero-order chi connectivity index (χ0) is 16.9. The number of hydrogen-bond acceptors (Lipinski definition) is 6. The fourth-order valence-electron chi connectivity index (χ4n) is 2.24. The molecule has 7 heteroatoms. The van der Waals surface area contributed by atoms with Crippen molar-refractivity contribution >= 4 is 17.7 Å². The average molecular weight is 340 g/mol. The largest absolute Gasteiger partial charge is 0.465 e. The van der Waals surface area contributed by atoms with Crippen LogP contribution in [0.3, 0.4) is 0 Å². The number of aromatic nitrogens is 4. The Balaban J connectivity index is 1.77. The summed E-state index contributed by atoms with van der Waals surface area (Å²) in [6, 6.07) is 15.3. The highest BCUT2D eigenvalue weighted by molar-refractivity contribution is 7.98. The monoisotopic (exact) mass is 340 g/mol. The van der Waals surface area contributed by atoms with Crippen LogP contribution in [0.15, 0.2) is 53.7 Å². The highest BCUT2D eigenvalue weighted by atomic mass is 32.2. The Morgan fingerprint density at radius 1 is 1.21 bits per heavy atom. The summed E-state index contributed by atoms with van der Waals surface area (Å²) in [4.78, 5) is 11.6. The van der Waals surface area contributed by atoms with Crippen LogP contribution in [0.2, 0.25) is 0 Å². The first kappa shape index (κ1) is 16.2. The third-order valence-electron chi connectivity index (χ3n) is 3.40. The average Bonchev–Trinajstić information content (AvgIpc) is 3.08. The van der Waals surface area contributed by atoms with E-state index in [4.69, 9.17) is 4.74 Å². The number of tetrazole rings is 1. The number of benzene rings is 2. The predicted octanol–water partition coefficient (Wildman–Crippen LogP) is 3.05. The maximum absolute atomic E-state index is 11.6. The van der Waals surface area contributed by atoms with E-state index in [1.165, 1.54) is 18.9 Å². The maximum Gasteiger partial charge on any atom is 0.337 e. The number of ether oxygens (including phenoxy) is 1. The molecule has 0 saturated heterocycles. The number of carbonyl (C=O) groups excluding carboxylic acids is 1. The molecule has 0 spiro atoms. The van der Waals surface area contributed by atoms with Gasteiger partial charge in [0, 0.05) is 5.75 Å². The fraction of sp³-hybridized carbons (Fsp3) is 0.176. The van der Waals surface area contributed by atoms with Gasteiger partial charge in [0.2, 0.25) is 5.16 Å². The van der Waals surface area contributed by atoms with Crippen molar-refractivity contribution in [3.05, 3.63) is 65.2 Å². The lowest BCUT2D eigenvalue weighted by Crippen LogP contribution is -2.02. The van der Waals surface area contributed by atoms with Gasteiger partial charge in [-0.3, -0.25) is 0 Å². The lowest BCUT2D eigenvalue weighted by molar-refractivity contribution is 0.0600. The lowest BCUT2D eigenvalue weighted by atomic mass is 10.1. The summed E-state index contributed by atoms with van der Waals surface area (Å²) in [5, 5.41) is 12.6. The first-order valence-corrected chi connectivity index (χ1v) is 8.31. The summed E-state index contributed by atoms with van der Waals surface area (Å²) in [6.07, 6.45) is 0. The van der Waals surface area contributed by atoms with Gasteiger partial charge in [-0.05, 0) is 52.7 Å². The smallest absolute Gasteiger partial charge is 0.337 e. The molecule has 24 heavy (non-hydrogen) atoms. The maximum atomic E-state index is 11.6. The molecule has 3 rings (SSSR count). The zero-order valence-electron chi connectivity index (χ0n) is 13.3. The van der Waals surface area contributed by atoms with E-state index in [1.54, 1.807) is 10.7 Å². The minimum Gasteiger partial charge on any atom is -0.465 e. The molecule has 0 aliphatic rings. The van der Waals surface area contributed by atoms with Crippen molar-refractivity contribution < 1.29 is 9.53 Å². The van der Waals surface area contributed by atoms with Gasteiger partial charge in [0.25, 0.3) is 0 Å². The summed E-state index contributed by atoms with van der Waals surface area (Å²) in [5.41, 5.74) is 3.60. The summed E-state index contributed by atoms with van der Waals surface area (Å²) in [7, 11) is 1.37. The fourth-order valence-corrected chi connectivity index (χ4v) is 3.08. The van der Waals surface area contributed by atoms with Gasteiger partial charge in [-0.2, -0.15) is 4.68 Å². The Morgan fingerprint density at radius 3 is 2.83 bits per heavy atom. The molecule has 1 aromatic heterocycles. The lowest BCUT2D eigenvalue weighted by Gasteiger charge is -2.06. The quantitative estimate of drug-likeness (QED) is 0.525. The topological polar surface area (TPSA) is 69.9 Å². The van der Waals surface area contributed by atoms with E-state index < -0.39 is 0 Å². The molecule has 0 bridgehead atoms. The van der Waals surface area contributed by atoms with E-state index >= 15 is 0 Å². The van der Waals surface area contributed by atoms with Crippen LogP contribution in [0.4, 0.5) is 0 Å². The van der Waals surface area contributed by atoms with Gasteiger partial charge < -0.3 is 4.74 Å². The van der Waals surface area contributed by atoms with Crippen molar-refractivity contribution in [1.82, 2.24) is 20.2 Å². The van der Waals surface area contributed by atoms with E-state index in [-0.39, 0.29) is 5.97 Å². The van der Waals surface area contributed by atoms with Gasteiger partial charge in [-0.25, -0.2) is 4.79 Å². The van der Waals surface area contributed by atoms with Crippen molar-refractivity contribution in [1.29, 1.82) is 0 Å².